The van der Waals surface area contributed by atoms with Crippen LogP contribution in [0.4, 0.5) is 0 Å². The Balaban J connectivity index is 1.43. The van der Waals surface area contributed by atoms with Gasteiger partial charge in [-0.05, 0) is 66.9 Å². The molecule has 1 fully saturated rings. The number of aromatic nitrogens is 2. The Morgan fingerprint density at radius 2 is 1.46 bits per heavy atom. The van der Waals surface area contributed by atoms with Gasteiger partial charge < -0.3 is 10.0 Å². The van der Waals surface area contributed by atoms with Gasteiger partial charge in [-0.3, -0.25) is 9.36 Å². The lowest BCUT2D eigenvalue weighted by molar-refractivity contribution is -0.0212. The summed E-state index contributed by atoms with van der Waals surface area (Å²) in [6.45, 7) is 0.820. The number of aliphatic hydroxyl groups is 1. The Bertz CT molecular complexity index is 1360. The van der Waals surface area contributed by atoms with Crippen LogP contribution in [0, 0.1) is 0 Å². The summed E-state index contributed by atoms with van der Waals surface area (Å²) in [7, 11) is 0. The molecule has 0 unspecified atom stereocenters. The molecule has 4 aromatic rings. The Labute approximate surface area is 218 Å². The number of amides is 1. The molecule has 1 aliphatic rings. The summed E-state index contributed by atoms with van der Waals surface area (Å²) in [5.41, 5.74) is 1.66. The molecule has 1 N–H and O–H groups in total. The van der Waals surface area contributed by atoms with E-state index in [2.05, 4.69) is 0 Å². The molecule has 3 aromatic carbocycles. The summed E-state index contributed by atoms with van der Waals surface area (Å²) in [5.74, 6) is 0.375. The van der Waals surface area contributed by atoms with E-state index in [-0.39, 0.29) is 5.91 Å². The molecular formula is C27H22Cl3N3O2. The second-order valence-corrected chi connectivity index (χ2v) is 9.89. The van der Waals surface area contributed by atoms with Crippen molar-refractivity contribution in [3.8, 4) is 17.1 Å². The fourth-order valence-corrected chi connectivity index (χ4v) is 4.88. The van der Waals surface area contributed by atoms with E-state index < -0.39 is 5.60 Å². The van der Waals surface area contributed by atoms with E-state index in [1.54, 1.807) is 41.4 Å². The number of carbonyl (C=O) groups is 1. The lowest BCUT2D eigenvalue weighted by Crippen LogP contribution is -2.45. The highest BCUT2D eigenvalue weighted by atomic mass is 35.5. The van der Waals surface area contributed by atoms with Gasteiger partial charge in [0.15, 0.2) is 0 Å². The smallest absolute Gasteiger partial charge is 0.274 e. The van der Waals surface area contributed by atoms with E-state index in [0.717, 1.165) is 16.8 Å². The summed E-state index contributed by atoms with van der Waals surface area (Å²) in [4.78, 5) is 19.9. The van der Waals surface area contributed by atoms with Crippen molar-refractivity contribution >= 4 is 40.7 Å². The van der Waals surface area contributed by atoms with Crippen LogP contribution < -0.4 is 0 Å². The number of rotatable bonds is 4. The van der Waals surface area contributed by atoms with Gasteiger partial charge in [-0.25, -0.2) is 4.98 Å². The summed E-state index contributed by atoms with van der Waals surface area (Å²) in [6.07, 6.45) is 2.58. The van der Waals surface area contributed by atoms with Crippen molar-refractivity contribution in [1.29, 1.82) is 0 Å². The third-order valence-corrected chi connectivity index (χ3v) is 7.24. The van der Waals surface area contributed by atoms with Gasteiger partial charge in [0, 0.05) is 40.6 Å². The van der Waals surface area contributed by atoms with Crippen molar-refractivity contribution in [1.82, 2.24) is 14.5 Å². The average molecular weight is 527 g/mol. The number of piperidine rings is 1. The molecular weight excluding hydrogens is 505 g/mol. The summed E-state index contributed by atoms with van der Waals surface area (Å²) in [6, 6.07) is 21.9. The molecule has 1 saturated heterocycles. The van der Waals surface area contributed by atoms with Crippen LogP contribution in [0.1, 0.15) is 28.9 Å². The maximum atomic E-state index is 13.5. The summed E-state index contributed by atoms with van der Waals surface area (Å²) >= 11 is 18.5. The second-order valence-electron chi connectivity index (χ2n) is 8.61. The van der Waals surface area contributed by atoms with Crippen LogP contribution in [-0.4, -0.2) is 38.6 Å². The number of nitrogens with zero attached hydrogens (tertiary/aromatic N) is 3. The standard InChI is InChI=1S/C27H22Cl3N3O2/c28-19-7-5-18(6-8-19)27(35)13-15-32(16-14-27)26(34)24-17-33(21-11-9-20(29)10-12-21)25(31-24)22-3-1-2-4-23(22)30/h1-12,17,35H,13-16H2. The molecule has 0 atom stereocenters. The zero-order valence-electron chi connectivity index (χ0n) is 18.7. The minimum Gasteiger partial charge on any atom is -0.385 e. The number of imidazole rings is 1. The van der Waals surface area contributed by atoms with Crippen molar-refractivity contribution in [3.05, 3.63) is 105 Å². The molecule has 0 radical (unpaired) electrons. The highest BCUT2D eigenvalue weighted by Crippen LogP contribution is 2.35. The van der Waals surface area contributed by atoms with Gasteiger partial charge in [0.1, 0.15) is 11.5 Å². The first-order chi connectivity index (χ1) is 16.8. The normalized spacial score (nSPS) is 15.3. The lowest BCUT2D eigenvalue weighted by Gasteiger charge is -2.38. The van der Waals surface area contributed by atoms with E-state index in [4.69, 9.17) is 39.8 Å². The van der Waals surface area contributed by atoms with Gasteiger partial charge in [0.25, 0.3) is 5.91 Å². The Hall–Kier alpha value is -2.83. The van der Waals surface area contributed by atoms with Crippen molar-refractivity contribution in [2.24, 2.45) is 0 Å². The molecule has 5 rings (SSSR count). The van der Waals surface area contributed by atoms with Crippen LogP contribution in [0.25, 0.3) is 17.1 Å². The number of benzene rings is 3. The third kappa shape index (κ3) is 4.82. The van der Waals surface area contributed by atoms with E-state index in [1.807, 2.05) is 47.0 Å². The number of hydrogen-bond donors (Lipinski definition) is 1. The molecule has 35 heavy (non-hydrogen) atoms. The molecule has 5 nitrogen and oxygen atoms in total. The summed E-state index contributed by atoms with van der Waals surface area (Å²) in [5, 5.41) is 13.0. The molecule has 2 heterocycles. The van der Waals surface area contributed by atoms with Crippen LogP contribution >= 0.6 is 34.8 Å². The average Bonchev–Trinajstić information content (AvgIpc) is 3.30. The second kappa shape index (κ2) is 9.67. The fraction of sp³-hybridized carbons (Fsp3) is 0.185. The predicted octanol–water partition coefficient (Wildman–Crippen LogP) is 6.62. The van der Waals surface area contributed by atoms with Crippen LogP contribution in [-0.2, 0) is 5.60 Å². The molecule has 1 aliphatic heterocycles. The van der Waals surface area contributed by atoms with Crippen LogP contribution in [0.2, 0.25) is 15.1 Å². The molecule has 1 amide bonds. The number of hydrogen-bond acceptors (Lipinski definition) is 3. The van der Waals surface area contributed by atoms with Crippen LogP contribution in [0.5, 0.6) is 0 Å². The van der Waals surface area contributed by atoms with E-state index in [0.29, 0.717) is 52.5 Å². The van der Waals surface area contributed by atoms with Gasteiger partial charge in [-0.1, -0.05) is 59.1 Å². The monoisotopic (exact) mass is 525 g/mol. The molecule has 0 bridgehead atoms. The Morgan fingerprint density at radius 1 is 0.857 bits per heavy atom. The fourth-order valence-electron chi connectivity index (χ4n) is 4.40. The number of halogens is 3. The van der Waals surface area contributed by atoms with Crippen molar-refractivity contribution < 1.29 is 9.90 Å². The van der Waals surface area contributed by atoms with Crippen LogP contribution in [0.15, 0.2) is 79.0 Å². The van der Waals surface area contributed by atoms with Gasteiger partial charge in [-0.15, -0.1) is 0 Å². The molecule has 0 aliphatic carbocycles. The highest BCUT2D eigenvalue weighted by molar-refractivity contribution is 6.33. The molecule has 0 saturated carbocycles. The van der Waals surface area contributed by atoms with Gasteiger partial charge >= 0.3 is 0 Å². The van der Waals surface area contributed by atoms with E-state index in [1.165, 1.54) is 0 Å². The van der Waals surface area contributed by atoms with E-state index >= 15 is 0 Å². The maximum absolute atomic E-state index is 13.5. The maximum Gasteiger partial charge on any atom is 0.274 e. The van der Waals surface area contributed by atoms with Gasteiger partial charge in [-0.2, -0.15) is 0 Å². The van der Waals surface area contributed by atoms with Gasteiger partial charge in [0.05, 0.1) is 10.6 Å². The summed E-state index contributed by atoms with van der Waals surface area (Å²) < 4.78 is 1.85. The lowest BCUT2D eigenvalue weighted by atomic mass is 9.84. The number of likely N-dealkylation sites (tertiary alicyclic amines) is 1. The van der Waals surface area contributed by atoms with Gasteiger partial charge in [0.2, 0.25) is 0 Å². The van der Waals surface area contributed by atoms with Crippen molar-refractivity contribution in [3.63, 3.8) is 0 Å². The minimum absolute atomic E-state index is 0.191. The zero-order chi connectivity index (χ0) is 24.6. The topological polar surface area (TPSA) is 58.4 Å². The minimum atomic E-state index is -0.993. The largest absolute Gasteiger partial charge is 0.385 e. The molecule has 8 heteroatoms. The van der Waals surface area contributed by atoms with E-state index in [9.17, 15) is 9.90 Å². The van der Waals surface area contributed by atoms with Crippen LogP contribution in [0.3, 0.4) is 0 Å². The molecule has 178 valence electrons. The first kappa shape index (κ1) is 23.9. The molecule has 1 aromatic heterocycles. The third-order valence-electron chi connectivity index (χ3n) is 6.40. The quantitative estimate of drug-likeness (QED) is 0.325. The SMILES string of the molecule is O=C(c1cn(-c2ccc(Cl)cc2)c(-c2ccccc2Cl)n1)N1CCC(O)(c2ccc(Cl)cc2)CC1. The van der Waals surface area contributed by atoms with Crippen molar-refractivity contribution in [2.75, 3.05) is 13.1 Å². The predicted molar refractivity (Wildman–Crippen MR) is 140 cm³/mol. The Morgan fingerprint density at radius 3 is 2.09 bits per heavy atom. The first-order valence-corrected chi connectivity index (χ1v) is 12.4. The Kier molecular flexibility index (Phi) is 6.60. The highest BCUT2D eigenvalue weighted by Gasteiger charge is 2.36. The van der Waals surface area contributed by atoms with Crippen molar-refractivity contribution in [2.45, 2.75) is 18.4 Å². The molecule has 0 spiro atoms. The number of carbonyl (C=O) groups excluding carboxylic acids is 1. The first-order valence-electron chi connectivity index (χ1n) is 11.2. The zero-order valence-corrected chi connectivity index (χ0v) is 20.9.